The number of ether oxygens (including phenoxy) is 1. The van der Waals surface area contributed by atoms with Crippen LogP contribution in [0, 0.1) is 0 Å². The molecule has 1 aromatic rings. The van der Waals surface area contributed by atoms with Crippen LogP contribution in [0.3, 0.4) is 0 Å². The van der Waals surface area contributed by atoms with Gasteiger partial charge in [-0.25, -0.2) is 0 Å². The second-order valence-corrected chi connectivity index (χ2v) is 2.27. The molecule has 0 aliphatic rings. The zero-order chi connectivity index (χ0) is 8.97. The Balaban J connectivity index is 3.02. The van der Waals surface area contributed by atoms with Gasteiger partial charge in [0.25, 0.3) is 0 Å². The van der Waals surface area contributed by atoms with E-state index in [4.69, 9.17) is 9.94 Å². The van der Waals surface area contributed by atoms with Gasteiger partial charge in [0.05, 0.1) is 12.8 Å². The first-order chi connectivity index (χ1) is 5.77. The lowest BCUT2D eigenvalue weighted by atomic mass is 10.2. The smallest absolute Gasteiger partial charge is 0.122 e. The van der Waals surface area contributed by atoms with E-state index in [0.29, 0.717) is 17.2 Å². The summed E-state index contributed by atoms with van der Waals surface area (Å²) in [5, 5.41) is 11.5. The van der Waals surface area contributed by atoms with Crippen molar-refractivity contribution in [2.45, 2.75) is 6.92 Å². The van der Waals surface area contributed by atoms with Gasteiger partial charge in [0.1, 0.15) is 11.5 Å². The molecule has 0 amide bonds. The maximum atomic E-state index is 8.46. The van der Waals surface area contributed by atoms with Gasteiger partial charge in [-0.15, -0.1) is 0 Å². The summed E-state index contributed by atoms with van der Waals surface area (Å²) in [6.07, 6.45) is 1.60. The number of hydrogen-bond donors (Lipinski definition) is 1. The Hall–Kier alpha value is -1.58. The van der Waals surface area contributed by atoms with E-state index >= 15 is 0 Å². The normalized spacial score (nSPS) is 11.3. The molecule has 0 aliphatic heterocycles. The van der Waals surface area contributed by atoms with Crippen molar-refractivity contribution in [3.63, 3.8) is 0 Å². The molecule has 0 aliphatic carbocycles. The fourth-order valence-electron chi connectivity index (χ4n) is 0.787. The molecule has 1 N–H and O–H groups in total. The topological polar surface area (TPSA) is 54.7 Å². The lowest BCUT2D eigenvalue weighted by Gasteiger charge is -2.00. The number of rotatable bonds is 2. The highest BCUT2D eigenvalue weighted by Crippen LogP contribution is 2.10. The lowest BCUT2D eigenvalue weighted by Crippen LogP contribution is -1.98. The molecular formula is C8H10N2O2. The number of nitrogens with zero attached hydrogens (tertiary/aromatic N) is 2. The summed E-state index contributed by atoms with van der Waals surface area (Å²) in [5.41, 5.74) is 1.07. The Morgan fingerprint density at radius 2 is 2.42 bits per heavy atom. The zero-order valence-corrected chi connectivity index (χ0v) is 6.98. The molecule has 0 spiro atoms. The average Bonchev–Trinajstić information content (AvgIpc) is 2.17. The molecule has 64 valence electrons. The van der Waals surface area contributed by atoms with Crippen molar-refractivity contribution in [3.8, 4) is 5.75 Å². The number of hydrogen-bond acceptors (Lipinski definition) is 4. The Kier molecular flexibility index (Phi) is 2.63. The van der Waals surface area contributed by atoms with E-state index in [1.54, 1.807) is 32.4 Å². The first-order valence-electron chi connectivity index (χ1n) is 3.47. The quantitative estimate of drug-likeness (QED) is 0.409. The van der Waals surface area contributed by atoms with Crippen LogP contribution in [0.25, 0.3) is 0 Å². The molecule has 0 saturated heterocycles. The molecule has 0 unspecified atom stereocenters. The monoisotopic (exact) mass is 166 g/mol. The van der Waals surface area contributed by atoms with Gasteiger partial charge in [0.15, 0.2) is 0 Å². The SMILES string of the molecule is COc1ccnc(C(C)=NO)c1. The van der Waals surface area contributed by atoms with E-state index in [-0.39, 0.29) is 0 Å². The van der Waals surface area contributed by atoms with E-state index in [0.717, 1.165) is 0 Å². The van der Waals surface area contributed by atoms with Gasteiger partial charge in [-0.05, 0) is 13.0 Å². The molecular weight excluding hydrogens is 156 g/mol. The van der Waals surface area contributed by atoms with Crippen LogP contribution in [0.4, 0.5) is 0 Å². The number of methoxy groups -OCH3 is 1. The summed E-state index contributed by atoms with van der Waals surface area (Å²) in [6, 6.07) is 3.43. The molecule has 0 bridgehead atoms. The second kappa shape index (κ2) is 3.71. The largest absolute Gasteiger partial charge is 0.497 e. The van der Waals surface area contributed by atoms with Gasteiger partial charge in [-0.2, -0.15) is 0 Å². The third-order valence-corrected chi connectivity index (χ3v) is 1.49. The predicted molar refractivity (Wildman–Crippen MR) is 44.8 cm³/mol. The molecule has 4 heteroatoms. The first-order valence-corrected chi connectivity index (χ1v) is 3.47. The summed E-state index contributed by atoms with van der Waals surface area (Å²) in [5.74, 6) is 0.697. The Morgan fingerprint density at radius 3 is 3.00 bits per heavy atom. The summed E-state index contributed by atoms with van der Waals surface area (Å²) < 4.78 is 4.97. The Morgan fingerprint density at radius 1 is 1.67 bits per heavy atom. The third kappa shape index (κ3) is 1.72. The molecule has 1 rings (SSSR count). The number of aromatic nitrogens is 1. The highest BCUT2D eigenvalue weighted by atomic mass is 16.5. The van der Waals surface area contributed by atoms with Gasteiger partial charge >= 0.3 is 0 Å². The second-order valence-electron chi connectivity index (χ2n) is 2.27. The Bertz CT molecular complexity index is 297. The molecule has 0 fully saturated rings. The number of oxime groups is 1. The minimum absolute atomic E-state index is 0.467. The molecule has 12 heavy (non-hydrogen) atoms. The molecule has 0 saturated carbocycles. The van der Waals surface area contributed by atoms with E-state index in [1.165, 1.54) is 0 Å². The van der Waals surface area contributed by atoms with Crippen molar-refractivity contribution in [1.29, 1.82) is 0 Å². The van der Waals surface area contributed by atoms with Crippen LogP contribution in [0.1, 0.15) is 12.6 Å². The summed E-state index contributed by atoms with van der Waals surface area (Å²) in [7, 11) is 1.57. The maximum absolute atomic E-state index is 8.46. The van der Waals surface area contributed by atoms with Crippen LogP contribution in [0.15, 0.2) is 23.5 Å². The van der Waals surface area contributed by atoms with E-state index < -0.39 is 0 Å². The third-order valence-electron chi connectivity index (χ3n) is 1.49. The zero-order valence-electron chi connectivity index (χ0n) is 6.98. The van der Waals surface area contributed by atoms with Gasteiger partial charge in [0.2, 0.25) is 0 Å². The van der Waals surface area contributed by atoms with Crippen molar-refractivity contribution < 1.29 is 9.94 Å². The van der Waals surface area contributed by atoms with Crippen LogP contribution >= 0.6 is 0 Å². The maximum Gasteiger partial charge on any atom is 0.122 e. The lowest BCUT2D eigenvalue weighted by molar-refractivity contribution is 0.319. The summed E-state index contributed by atoms with van der Waals surface area (Å²) in [4.78, 5) is 3.99. The molecule has 0 radical (unpaired) electrons. The minimum atomic E-state index is 0.467. The summed E-state index contributed by atoms with van der Waals surface area (Å²) in [6.45, 7) is 1.67. The van der Waals surface area contributed by atoms with Gasteiger partial charge in [-0.1, -0.05) is 5.16 Å². The van der Waals surface area contributed by atoms with E-state index in [9.17, 15) is 0 Å². The van der Waals surface area contributed by atoms with Crippen molar-refractivity contribution >= 4 is 5.71 Å². The summed E-state index contributed by atoms with van der Waals surface area (Å²) >= 11 is 0. The number of pyridine rings is 1. The van der Waals surface area contributed by atoms with Crippen LogP contribution in [-0.2, 0) is 0 Å². The predicted octanol–water partition coefficient (Wildman–Crippen LogP) is 1.29. The first kappa shape index (κ1) is 8.52. The fraction of sp³-hybridized carbons (Fsp3) is 0.250. The van der Waals surface area contributed by atoms with E-state index in [1.807, 2.05) is 0 Å². The molecule has 0 aromatic carbocycles. The van der Waals surface area contributed by atoms with Gasteiger partial charge < -0.3 is 9.94 Å². The molecule has 4 nitrogen and oxygen atoms in total. The van der Waals surface area contributed by atoms with Crippen LogP contribution in [-0.4, -0.2) is 23.0 Å². The van der Waals surface area contributed by atoms with Gasteiger partial charge in [-0.3, -0.25) is 4.98 Å². The molecule has 0 atom stereocenters. The Labute approximate surface area is 70.5 Å². The van der Waals surface area contributed by atoms with Crippen molar-refractivity contribution in [2.75, 3.05) is 7.11 Å². The average molecular weight is 166 g/mol. The highest BCUT2D eigenvalue weighted by molar-refractivity contribution is 5.96. The van der Waals surface area contributed by atoms with Crippen molar-refractivity contribution in [1.82, 2.24) is 4.98 Å². The fourth-order valence-corrected chi connectivity index (χ4v) is 0.787. The molecule has 1 aromatic heterocycles. The van der Waals surface area contributed by atoms with E-state index in [2.05, 4.69) is 10.1 Å². The van der Waals surface area contributed by atoms with Crippen LogP contribution in [0.5, 0.6) is 5.75 Å². The van der Waals surface area contributed by atoms with Gasteiger partial charge in [0, 0.05) is 12.3 Å². The minimum Gasteiger partial charge on any atom is -0.497 e. The van der Waals surface area contributed by atoms with Crippen molar-refractivity contribution in [2.24, 2.45) is 5.16 Å². The van der Waals surface area contributed by atoms with Crippen LogP contribution < -0.4 is 4.74 Å². The molecule has 1 heterocycles. The standard InChI is InChI=1S/C8H10N2O2/c1-6(10-11)8-5-7(12-2)3-4-9-8/h3-5,11H,1-2H3. The van der Waals surface area contributed by atoms with Crippen molar-refractivity contribution in [3.05, 3.63) is 24.0 Å². The highest BCUT2D eigenvalue weighted by Gasteiger charge is 2.00. The van der Waals surface area contributed by atoms with Crippen LogP contribution in [0.2, 0.25) is 0 Å².